The van der Waals surface area contributed by atoms with E-state index in [0.29, 0.717) is 56.7 Å². The number of hydrogen-bond donors (Lipinski definition) is 1. The molecule has 1 atom stereocenters. The van der Waals surface area contributed by atoms with E-state index in [1.807, 2.05) is 0 Å². The van der Waals surface area contributed by atoms with Gasteiger partial charge in [-0.15, -0.1) is 0 Å². The molecule has 3 heterocycles. The Balaban J connectivity index is 1.60. The van der Waals surface area contributed by atoms with Crippen LogP contribution in [0.3, 0.4) is 0 Å². The Morgan fingerprint density at radius 3 is 2.74 bits per heavy atom. The minimum atomic E-state index is -0.287. The van der Waals surface area contributed by atoms with Crippen LogP contribution < -0.4 is 10.2 Å². The second kappa shape index (κ2) is 8.98. The summed E-state index contributed by atoms with van der Waals surface area (Å²) in [6, 6.07) is 1.71. The van der Waals surface area contributed by atoms with Crippen LogP contribution in [0.2, 0.25) is 0 Å². The molecule has 1 aromatic rings. The zero-order valence-corrected chi connectivity index (χ0v) is 15.9. The highest BCUT2D eigenvalue weighted by Gasteiger charge is 2.24. The fourth-order valence-corrected chi connectivity index (χ4v) is 3.27. The summed E-state index contributed by atoms with van der Waals surface area (Å²) >= 11 is 0. The SMILES string of the molecule is CCOC(=O)N1CCN(c2cc(C(=O)NCC3CCCO3)nc(C)n2)CC1. The van der Waals surface area contributed by atoms with Crippen LogP contribution in [0.1, 0.15) is 36.1 Å². The van der Waals surface area contributed by atoms with Crippen molar-refractivity contribution in [3.63, 3.8) is 0 Å². The summed E-state index contributed by atoms with van der Waals surface area (Å²) in [6.07, 6.45) is 1.81. The van der Waals surface area contributed by atoms with E-state index >= 15 is 0 Å². The van der Waals surface area contributed by atoms with Crippen LogP contribution in [0.15, 0.2) is 6.07 Å². The summed E-state index contributed by atoms with van der Waals surface area (Å²) < 4.78 is 10.6. The van der Waals surface area contributed by atoms with Gasteiger partial charge in [0.15, 0.2) is 0 Å². The number of piperazine rings is 1. The fraction of sp³-hybridized carbons (Fsp3) is 0.667. The summed E-state index contributed by atoms with van der Waals surface area (Å²) in [5.74, 6) is 1.03. The molecule has 0 bridgehead atoms. The van der Waals surface area contributed by atoms with Gasteiger partial charge in [-0.3, -0.25) is 4.79 Å². The number of nitrogens with zero attached hydrogens (tertiary/aromatic N) is 4. The number of carbonyl (C=O) groups is 2. The van der Waals surface area contributed by atoms with E-state index < -0.39 is 0 Å². The molecule has 9 heteroatoms. The van der Waals surface area contributed by atoms with Crippen molar-refractivity contribution in [3.8, 4) is 0 Å². The van der Waals surface area contributed by atoms with Crippen molar-refractivity contribution in [2.75, 3.05) is 50.8 Å². The first-order valence-electron chi connectivity index (χ1n) is 9.49. The lowest BCUT2D eigenvalue weighted by atomic mass is 10.2. The third-order valence-corrected chi connectivity index (χ3v) is 4.70. The molecule has 0 aromatic carbocycles. The molecule has 0 aliphatic carbocycles. The van der Waals surface area contributed by atoms with Crippen LogP contribution in [-0.4, -0.2) is 78.9 Å². The Labute approximate surface area is 159 Å². The Morgan fingerprint density at radius 2 is 2.07 bits per heavy atom. The molecule has 1 unspecified atom stereocenters. The summed E-state index contributed by atoms with van der Waals surface area (Å²) in [6.45, 7) is 7.57. The van der Waals surface area contributed by atoms with Crippen molar-refractivity contribution in [3.05, 3.63) is 17.6 Å². The van der Waals surface area contributed by atoms with Gasteiger partial charge in [0.05, 0.1) is 12.7 Å². The number of anilines is 1. The molecule has 27 heavy (non-hydrogen) atoms. The maximum atomic E-state index is 12.5. The molecule has 1 N–H and O–H groups in total. The first-order valence-corrected chi connectivity index (χ1v) is 9.49. The maximum Gasteiger partial charge on any atom is 0.409 e. The molecule has 2 fully saturated rings. The zero-order valence-electron chi connectivity index (χ0n) is 15.9. The molecular weight excluding hydrogens is 350 g/mol. The number of carbonyl (C=O) groups excluding carboxylic acids is 2. The van der Waals surface area contributed by atoms with E-state index in [1.165, 1.54) is 0 Å². The van der Waals surface area contributed by atoms with Crippen molar-refractivity contribution >= 4 is 17.8 Å². The Bertz CT molecular complexity index is 670. The molecule has 2 amide bonds. The lowest BCUT2D eigenvalue weighted by Crippen LogP contribution is -2.49. The summed E-state index contributed by atoms with van der Waals surface area (Å²) in [5, 5.41) is 2.89. The maximum absolute atomic E-state index is 12.5. The highest BCUT2D eigenvalue weighted by atomic mass is 16.6. The Kier molecular flexibility index (Phi) is 6.44. The van der Waals surface area contributed by atoms with Crippen LogP contribution in [0.25, 0.3) is 0 Å². The molecule has 0 spiro atoms. The van der Waals surface area contributed by atoms with E-state index in [9.17, 15) is 9.59 Å². The van der Waals surface area contributed by atoms with E-state index in [0.717, 1.165) is 19.4 Å². The highest BCUT2D eigenvalue weighted by Crippen LogP contribution is 2.16. The number of aryl methyl sites for hydroxylation is 1. The van der Waals surface area contributed by atoms with Gasteiger partial charge in [0, 0.05) is 45.4 Å². The third-order valence-electron chi connectivity index (χ3n) is 4.70. The Morgan fingerprint density at radius 1 is 1.30 bits per heavy atom. The molecule has 3 rings (SSSR count). The molecule has 148 valence electrons. The minimum absolute atomic E-state index is 0.0901. The van der Waals surface area contributed by atoms with Crippen molar-refractivity contribution in [1.82, 2.24) is 20.2 Å². The molecule has 1 aromatic heterocycles. The fourth-order valence-electron chi connectivity index (χ4n) is 3.27. The first-order chi connectivity index (χ1) is 13.1. The monoisotopic (exact) mass is 377 g/mol. The quantitative estimate of drug-likeness (QED) is 0.817. The molecule has 2 saturated heterocycles. The van der Waals surface area contributed by atoms with Gasteiger partial charge in [0.2, 0.25) is 0 Å². The van der Waals surface area contributed by atoms with Crippen LogP contribution in [0.5, 0.6) is 0 Å². The van der Waals surface area contributed by atoms with Gasteiger partial charge in [-0.1, -0.05) is 0 Å². The van der Waals surface area contributed by atoms with Gasteiger partial charge in [-0.05, 0) is 26.7 Å². The normalized spacial score (nSPS) is 19.9. The second-order valence-electron chi connectivity index (χ2n) is 6.68. The Hall–Kier alpha value is -2.42. The number of ether oxygens (including phenoxy) is 2. The van der Waals surface area contributed by atoms with E-state index in [1.54, 1.807) is 24.8 Å². The third kappa shape index (κ3) is 5.06. The van der Waals surface area contributed by atoms with Crippen molar-refractivity contribution < 1.29 is 19.1 Å². The molecule has 0 radical (unpaired) electrons. The summed E-state index contributed by atoms with van der Waals surface area (Å²) in [7, 11) is 0. The molecule has 2 aliphatic heterocycles. The smallest absolute Gasteiger partial charge is 0.409 e. The molecule has 0 saturated carbocycles. The van der Waals surface area contributed by atoms with Crippen LogP contribution >= 0.6 is 0 Å². The second-order valence-corrected chi connectivity index (χ2v) is 6.68. The van der Waals surface area contributed by atoms with Gasteiger partial charge in [-0.2, -0.15) is 0 Å². The van der Waals surface area contributed by atoms with Gasteiger partial charge < -0.3 is 24.6 Å². The van der Waals surface area contributed by atoms with E-state index in [2.05, 4.69) is 20.2 Å². The van der Waals surface area contributed by atoms with Gasteiger partial charge in [0.1, 0.15) is 17.3 Å². The van der Waals surface area contributed by atoms with Crippen molar-refractivity contribution in [1.29, 1.82) is 0 Å². The number of nitrogens with one attached hydrogen (secondary N) is 1. The van der Waals surface area contributed by atoms with Crippen LogP contribution in [-0.2, 0) is 9.47 Å². The lowest BCUT2D eigenvalue weighted by Gasteiger charge is -2.34. The average Bonchev–Trinajstić information content (AvgIpc) is 3.19. The number of rotatable bonds is 5. The molecule has 2 aliphatic rings. The number of hydrogen-bond acceptors (Lipinski definition) is 7. The van der Waals surface area contributed by atoms with E-state index in [4.69, 9.17) is 9.47 Å². The van der Waals surface area contributed by atoms with Gasteiger partial charge >= 0.3 is 6.09 Å². The highest BCUT2D eigenvalue weighted by molar-refractivity contribution is 5.93. The zero-order chi connectivity index (χ0) is 19.2. The first kappa shape index (κ1) is 19.3. The van der Waals surface area contributed by atoms with Crippen LogP contribution in [0, 0.1) is 6.92 Å². The predicted molar refractivity (Wildman–Crippen MR) is 98.9 cm³/mol. The summed E-state index contributed by atoms with van der Waals surface area (Å²) in [4.78, 5) is 36.7. The van der Waals surface area contributed by atoms with Gasteiger partial charge in [-0.25, -0.2) is 14.8 Å². The van der Waals surface area contributed by atoms with E-state index in [-0.39, 0.29) is 18.1 Å². The lowest BCUT2D eigenvalue weighted by molar-refractivity contribution is 0.0853. The topological polar surface area (TPSA) is 96.9 Å². The standard InChI is InChI=1S/C18H27N5O4/c1-3-26-18(25)23-8-6-22(7-9-23)16-11-15(20-13(2)21-16)17(24)19-12-14-5-4-10-27-14/h11,14H,3-10,12H2,1-2H3,(H,19,24). The molecule has 9 nitrogen and oxygen atoms in total. The number of aromatic nitrogens is 2. The van der Waals surface area contributed by atoms with Crippen LogP contribution in [0.4, 0.5) is 10.6 Å². The minimum Gasteiger partial charge on any atom is -0.450 e. The average molecular weight is 377 g/mol. The van der Waals surface area contributed by atoms with Crippen molar-refractivity contribution in [2.45, 2.75) is 32.8 Å². The van der Waals surface area contributed by atoms with Crippen molar-refractivity contribution in [2.24, 2.45) is 0 Å². The largest absolute Gasteiger partial charge is 0.450 e. The predicted octanol–water partition coefficient (Wildman–Crippen LogP) is 0.972. The number of amides is 2. The molecular formula is C18H27N5O4. The van der Waals surface area contributed by atoms with Gasteiger partial charge in [0.25, 0.3) is 5.91 Å². The summed E-state index contributed by atoms with van der Waals surface area (Å²) in [5.41, 5.74) is 0.350.